The average molecular weight is 404 g/mol. The predicted octanol–water partition coefficient (Wildman–Crippen LogP) is 1.39. The summed E-state index contributed by atoms with van der Waals surface area (Å²) in [6.45, 7) is 0.906. The molecule has 2 N–H and O–H groups in total. The average Bonchev–Trinajstić information content (AvgIpc) is 2.66. The van der Waals surface area contributed by atoms with Gasteiger partial charge in [-0.05, 0) is 43.3 Å². The van der Waals surface area contributed by atoms with Crippen molar-refractivity contribution in [3.05, 3.63) is 60.2 Å². The van der Waals surface area contributed by atoms with E-state index in [9.17, 15) is 22.8 Å². The van der Waals surface area contributed by atoms with Crippen molar-refractivity contribution in [3.63, 3.8) is 0 Å². The fraction of sp³-hybridized carbons (Fsp3) is 0.211. The number of hydrogen-bond donors (Lipinski definition) is 2. The Morgan fingerprint density at radius 3 is 2.18 bits per heavy atom. The van der Waals surface area contributed by atoms with Crippen LogP contribution < -0.4 is 10.6 Å². The molecule has 1 atom stereocenters. The lowest BCUT2D eigenvalue weighted by Gasteiger charge is -2.13. The van der Waals surface area contributed by atoms with Crippen LogP contribution in [0.15, 0.2) is 59.5 Å². The Morgan fingerprint density at radius 2 is 1.61 bits per heavy atom. The summed E-state index contributed by atoms with van der Waals surface area (Å²) in [6, 6.07) is 13.0. The summed E-state index contributed by atoms with van der Waals surface area (Å²) < 4.78 is 27.7. The number of ether oxygens (including phenoxy) is 1. The molecule has 28 heavy (non-hydrogen) atoms. The van der Waals surface area contributed by atoms with Crippen molar-refractivity contribution >= 4 is 33.3 Å². The number of rotatable bonds is 7. The van der Waals surface area contributed by atoms with Gasteiger partial charge in [-0.3, -0.25) is 9.59 Å². The highest BCUT2D eigenvalue weighted by Gasteiger charge is 2.19. The molecule has 0 radical (unpaired) electrons. The molecular formula is C19H20N2O6S. The second kappa shape index (κ2) is 9.14. The number of nitrogens with one attached hydrogen (secondary N) is 2. The van der Waals surface area contributed by atoms with E-state index in [1.54, 1.807) is 30.3 Å². The van der Waals surface area contributed by atoms with E-state index in [4.69, 9.17) is 4.74 Å². The molecule has 2 amide bonds. The van der Waals surface area contributed by atoms with E-state index in [1.807, 2.05) is 0 Å². The van der Waals surface area contributed by atoms with Crippen LogP contribution in [0.4, 0.5) is 5.69 Å². The van der Waals surface area contributed by atoms with Crippen molar-refractivity contribution < 1.29 is 27.5 Å². The fourth-order valence-electron chi connectivity index (χ4n) is 2.17. The minimum absolute atomic E-state index is 0.125. The van der Waals surface area contributed by atoms with Crippen LogP contribution in [0.25, 0.3) is 0 Å². The first-order valence-corrected chi connectivity index (χ1v) is 10.2. The van der Waals surface area contributed by atoms with E-state index < -0.39 is 40.3 Å². The van der Waals surface area contributed by atoms with E-state index in [-0.39, 0.29) is 4.90 Å². The van der Waals surface area contributed by atoms with E-state index in [2.05, 4.69) is 10.6 Å². The molecule has 0 saturated heterocycles. The van der Waals surface area contributed by atoms with Gasteiger partial charge in [-0.15, -0.1) is 0 Å². The summed E-state index contributed by atoms with van der Waals surface area (Å²) in [7, 11) is -3.33. The van der Waals surface area contributed by atoms with E-state index >= 15 is 0 Å². The minimum Gasteiger partial charge on any atom is -0.454 e. The SMILES string of the molecule is C[C@H](NC(=O)c1ccccc1)C(=O)OCC(=O)Nc1ccc(S(C)(=O)=O)cc1. The van der Waals surface area contributed by atoms with Gasteiger partial charge in [0.2, 0.25) is 0 Å². The van der Waals surface area contributed by atoms with Crippen molar-refractivity contribution in [2.24, 2.45) is 0 Å². The lowest BCUT2D eigenvalue weighted by Crippen LogP contribution is -2.40. The zero-order valence-corrected chi connectivity index (χ0v) is 16.2. The van der Waals surface area contributed by atoms with Gasteiger partial charge in [0.25, 0.3) is 11.8 Å². The summed E-state index contributed by atoms with van der Waals surface area (Å²) >= 11 is 0. The summed E-state index contributed by atoms with van der Waals surface area (Å²) in [5.74, 6) is -1.78. The Bertz CT molecular complexity index is 956. The third kappa shape index (κ3) is 6.20. The number of carbonyl (C=O) groups excluding carboxylic acids is 3. The van der Waals surface area contributed by atoms with Gasteiger partial charge in [-0.25, -0.2) is 13.2 Å². The van der Waals surface area contributed by atoms with Crippen LogP contribution in [0.2, 0.25) is 0 Å². The van der Waals surface area contributed by atoms with E-state index in [0.29, 0.717) is 11.3 Å². The molecule has 0 aliphatic rings. The van der Waals surface area contributed by atoms with Crippen LogP contribution in [-0.4, -0.2) is 45.1 Å². The number of esters is 1. The second-order valence-electron chi connectivity index (χ2n) is 6.01. The molecule has 0 bridgehead atoms. The Hall–Kier alpha value is -3.20. The molecule has 8 nitrogen and oxygen atoms in total. The van der Waals surface area contributed by atoms with Crippen LogP contribution in [0.1, 0.15) is 17.3 Å². The molecule has 0 heterocycles. The monoisotopic (exact) mass is 404 g/mol. The first kappa shape index (κ1) is 21.1. The largest absolute Gasteiger partial charge is 0.454 e. The van der Waals surface area contributed by atoms with E-state index in [0.717, 1.165) is 6.26 Å². The Balaban J connectivity index is 1.81. The predicted molar refractivity (Wildman–Crippen MR) is 103 cm³/mol. The number of amides is 2. The lowest BCUT2D eigenvalue weighted by atomic mass is 10.2. The number of benzene rings is 2. The summed E-state index contributed by atoms with van der Waals surface area (Å²) in [5, 5.41) is 4.97. The van der Waals surface area contributed by atoms with Crippen LogP contribution in [0.3, 0.4) is 0 Å². The molecule has 148 valence electrons. The van der Waals surface area contributed by atoms with Crippen molar-refractivity contribution in [1.29, 1.82) is 0 Å². The van der Waals surface area contributed by atoms with Crippen LogP contribution in [0, 0.1) is 0 Å². The smallest absolute Gasteiger partial charge is 0.328 e. The van der Waals surface area contributed by atoms with Gasteiger partial charge >= 0.3 is 5.97 Å². The highest BCUT2D eigenvalue weighted by atomic mass is 32.2. The number of anilines is 1. The van der Waals surface area contributed by atoms with Gasteiger partial charge in [0.1, 0.15) is 6.04 Å². The first-order chi connectivity index (χ1) is 13.2. The van der Waals surface area contributed by atoms with E-state index in [1.165, 1.54) is 31.2 Å². The molecule has 0 spiro atoms. The topological polar surface area (TPSA) is 119 Å². The van der Waals surface area contributed by atoms with Crippen molar-refractivity contribution in [2.75, 3.05) is 18.2 Å². The maximum atomic E-state index is 12.0. The number of sulfone groups is 1. The van der Waals surface area contributed by atoms with Crippen LogP contribution in [-0.2, 0) is 24.2 Å². The maximum Gasteiger partial charge on any atom is 0.328 e. The van der Waals surface area contributed by atoms with Gasteiger partial charge < -0.3 is 15.4 Å². The summed E-state index contributed by atoms with van der Waals surface area (Å²) in [6.07, 6.45) is 1.08. The molecule has 2 aromatic carbocycles. The van der Waals surface area contributed by atoms with Crippen molar-refractivity contribution in [3.8, 4) is 0 Å². The third-order valence-corrected chi connectivity index (χ3v) is 4.78. The highest BCUT2D eigenvalue weighted by molar-refractivity contribution is 7.90. The van der Waals surface area contributed by atoms with Gasteiger partial charge in [0.05, 0.1) is 4.90 Å². The summed E-state index contributed by atoms with van der Waals surface area (Å²) in [4.78, 5) is 35.9. The molecule has 0 aliphatic heterocycles. The molecule has 0 aromatic heterocycles. The van der Waals surface area contributed by atoms with Crippen LogP contribution in [0.5, 0.6) is 0 Å². The molecule has 0 fully saturated rings. The Morgan fingerprint density at radius 1 is 1.00 bits per heavy atom. The van der Waals surface area contributed by atoms with Crippen molar-refractivity contribution in [2.45, 2.75) is 17.9 Å². The second-order valence-corrected chi connectivity index (χ2v) is 8.03. The molecule has 2 rings (SSSR count). The highest BCUT2D eigenvalue weighted by Crippen LogP contribution is 2.13. The normalized spacial score (nSPS) is 11.9. The molecular weight excluding hydrogens is 384 g/mol. The Labute approximate surface area is 162 Å². The fourth-order valence-corrected chi connectivity index (χ4v) is 2.80. The van der Waals surface area contributed by atoms with Crippen molar-refractivity contribution in [1.82, 2.24) is 5.32 Å². The number of carbonyl (C=O) groups is 3. The minimum atomic E-state index is -3.33. The molecule has 2 aromatic rings. The molecule has 0 saturated carbocycles. The van der Waals surface area contributed by atoms with Gasteiger partial charge in [-0.1, -0.05) is 18.2 Å². The van der Waals surface area contributed by atoms with Crippen LogP contribution >= 0.6 is 0 Å². The van der Waals surface area contributed by atoms with Gasteiger partial charge in [0.15, 0.2) is 16.4 Å². The lowest BCUT2D eigenvalue weighted by molar-refractivity contribution is -0.148. The molecule has 0 aliphatic carbocycles. The summed E-state index contributed by atoms with van der Waals surface area (Å²) in [5.41, 5.74) is 0.760. The van der Waals surface area contributed by atoms with Gasteiger partial charge in [-0.2, -0.15) is 0 Å². The molecule has 9 heteroatoms. The molecule has 0 unspecified atom stereocenters. The third-order valence-electron chi connectivity index (χ3n) is 3.65. The zero-order valence-electron chi connectivity index (χ0n) is 15.3. The standard InChI is InChI=1S/C19H20N2O6S/c1-13(20-18(23)14-6-4-3-5-7-14)19(24)27-12-17(22)21-15-8-10-16(11-9-15)28(2,25)26/h3-11,13H,12H2,1-2H3,(H,20,23)(H,21,22)/t13-/m0/s1. The number of hydrogen-bond acceptors (Lipinski definition) is 6. The first-order valence-electron chi connectivity index (χ1n) is 8.29. The Kier molecular flexibility index (Phi) is 6.89. The van der Waals surface area contributed by atoms with Gasteiger partial charge in [0, 0.05) is 17.5 Å². The quantitative estimate of drug-likeness (QED) is 0.673. The maximum absolute atomic E-state index is 12.0. The zero-order chi connectivity index (χ0) is 20.7.